The van der Waals surface area contributed by atoms with Gasteiger partial charge in [0.2, 0.25) is 17.7 Å². The summed E-state index contributed by atoms with van der Waals surface area (Å²) in [5.74, 6) is -4.52. The third kappa shape index (κ3) is 27.2. The summed E-state index contributed by atoms with van der Waals surface area (Å²) in [6.07, 6.45) is 2.67. The molecule has 0 bridgehead atoms. The Morgan fingerprint density at radius 2 is 1.07 bits per heavy atom. The van der Waals surface area contributed by atoms with Crippen LogP contribution in [0.3, 0.4) is 0 Å². The third-order valence-electron chi connectivity index (χ3n) is 9.43. The fourth-order valence-corrected chi connectivity index (χ4v) is 6.41. The number of hydrogen-bond acceptors (Lipinski definition) is 14. The number of amides is 4. The highest BCUT2D eigenvalue weighted by Gasteiger charge is 2.32. The van der Waals surface area contributed by atoms with Crippen molar-refractivity contribution in [2.75, 3.05) is 13.2 Å². The monoisotopic (exact) mass is 981 g/mol. The van der Waals surface area contributed by atoms with Gasteiger partial charge in [0.05, 0.1) is 12.5 Å². The zero-order valence-corrected chi connectivity index (χ0v) is 43.2. The SMILES string of the molecule is CC(C)(C)OC(=O)[CH]CCCCNC(=O)[C@H](Cc1ccccc1)NC(=O)COc1ccc(C[C@H](NC(=O)[C@H](CCC(=O)OC(C)(C)C)NC(=O)[C@@H](N)CCC(=O)OC(C)(C)C)C(=O)OC(C)(C)C)cc1. The van der Waals surface area contributed by atoms with Gasteiger partial charge in [-0.2, -0.15) is 0 Å². The van der Waals surface area contributed by atoms with Gasteiger partial charge < -0.3 is 50.7 Å². The van der Waals surface area contributed by atoms with Crippen LogP contribution in [0.15, 0.2) is 54.6 Å². The number of benzene rings is 2. The van der Waals surface area contributed by atoms with Crippen LogP contribution in [0.1, 0.15) is 139 Å². The second-order valence-corrected chi connectivity index (χ2v) is 21.0. The highest BCUT2D eigenvalue weighted by molar-refractivity contribution is 5.93. The molecule has 0 saturated heterocycles. The van der Waals surface area contributed by atoms with E-state index in [1.165, 1.54) is 6.42 Å². The fraction of sp³-hybridized carbons (Fsp3) is 0.596. The molecule has 0 saturated carbocycles. The molecule has 1 radical (unpaired) electrons. The van der Waals surface area contributed by atoms with Gasteiger partial charge in [0, 0.05) is 32.2 Å². The standard InChI is InChI=1S/C52H78N5O13/c1-49(2,3)67-42(59)21-17-14-18-30-54-46(63)39(31-34-19-15-13-16-20-34)55-41(58)33-66-36-24-22-35(23-25-36)32-40(48(65)70-52(10,11)12)57-47(64)38(27-29-44(61)69-51(7,8)9)56-45(62)37(53)26-28-43(60)68-50(4,5)6/h13,15-16,19-25,37-40H,14,17-18,26-33,53H2,1-12H3,(H,54,63)(H,55,58)(H,56,62)(H,57,64)/t37-,38-,39-,40-/m0/s1. The highest BCUT2D eigenvalue weighted by Crippen LogP contribution is 2.18. The molecule has 0 aliphatic rings. The summed E-state index contributed by atoms with van der Waals surface area (Å²) < 4.78 is 27.4. The van der Waals surface area contributed by atoms with Crippen LogP contribution in [0.2, 0.25) is 0 Å². The van der Waals surface area contributed by atoms with E-state index >= 15 is 0 Å². The molecule has 0 aliphatic carbocycles. The van der Waals surface area contributed by atoms with E-state index in [0.717, 1.165) is 5.56 Å². The summed E-state index contributed by atoms with van der Waals surface area (Å²) >= 11 is 0. The minimum absolute atomic E-state index is 0.0676. The Morgan fingerprint density at radius 1 is 0.557 bits per heavy atom. The maximum absolute atomic E-state index is 14.0. The lowest BCUT2D eigenvalue weighted by Gasteiger charge is -2.27. The lowest BCUT2D eigenvalue weighted by molar-refractivity contribution is -0.159. The van der Waals surface area contributed by atoms with E-state index < -0.39 is 94.8 Å². The smallest absolute Gasteiger partial charge is 0.329 e. The largest absolute Gasteiger partial charge is 0.484 e. The van der Waals surface area contributed by atoms with Gasteiger partial charge in [-0.3, -0.25) is 33.6 Å². The molecular weight excluding hydrogens is 903 g/mol. The number of esters is 4. The van der Waals surface area contributed by atoms with Gasteiger partial charge in [0.25, 0.3) is 5.91 Å². The van der Waals surface area contributed by atoms with Gasteiger partial charge >= 0.3 is 23.9 Å². The van der Waals surface area contributed by atoms with Gasteiger partial charge in [-0.15, -0.1) is 0 Å². The van der Waals surface area contributed by atoms with E-state index in [9.17, 15) is 38.4 Å². The van der Waals surface area contributed by atoms with Crippen LogP contribution >= 0.6 is 0 Å². The molecule has 6 N–H and O–H groups in total. The van der Waals surface area contributed by atoms with Gasteiger partial charge in [0.15, 0.2) is 6.61 Å². The first-order valence-electron chi connectivity index (χ1n) is 23.8. The average molecular weight is 981 g/mol. The number of nitrogens with two attached hydrogens (primary N) is 1. The quantitative estimate of drug-likeness (QED) is 0.0470. The zero-order valence-electron chi connectivity index (χ0n) is 43.2. The van der Waals surface area contributed by atoms with E-state index in [1.54, 1.807) is 107 Å². The topological polar surface area (TPSA) is 257 Å². The first kappa shape index (κ1) is 60.1. The van der Waals surface area contributed by atoms with Crippen molar-refractivity contribution in [1.29, 1.82) is 0 Å². The highest BCUT2D eigenvalue weighted by atomic mass is 16.6. The van der Waals surface area contributed by atoms with Crippen LogP contribution in [-0.2, 0) is 70.1 Å². The summed E-state index contributed by atoms with van der Waals surface area (Å²) in [4.78, 5) is 104. The lowest BCUT2D eigenvalue weighted by Crippen LogP contribution is -2.55. The van der Waals surface area contributed by atoms with Crippen molar-refractivity contribution in [2.24, 2.45) is 5.73 Å². The maximum Gasteiger partial charge on any atom is 0.329 e. The molecule has 4 atom stereocenters. The second-order valence-electron chi connectivity index (χ2n) is 21.0. The number of hydrogen-bond donors (Lipinski definition) is 5. The fourth-order valence-electron chi connectivity index (χ4n) is 6.41. The zero-order chi connectivity index (χ0) is 52.9. The number of rotatable bonds is 26. The molecule has 18 heteroatoms. The average Bonchev–Trinajstić information content (AvgIpc) is 3.22. The predicted molar refractivity (Wildman–Crippen MR) is 263 cm³/mol. The Bertz CT molecular complexity index is 2030. The molecule has 0 unspecified atom stereocenters. The van der Waals surface area contributed by atoms with Crippen LogP contribution in [0, 0.1) is 6.42 Å². The first-order valence-corrected chi connectivity index (χ1v) is 23.8. The number of nitrogens with one attached hydrogen (secondary N) is 4. The van der Waals surface area contributed by atoms with Gasteiger partial charge in [-0.25, -0.2) is 4.79 Å². The van der Waals surface area contributed by atoms with Gasteiger partial charge in [-0.1, -0.05) is 48.9 Å². The van der Waals surface area contributed by atoms with Crippen molar-refractivity contribution >= 4 is 47.5 Å². The van der Waals surface area contributed by atoms with Crippen LogP contribution in [0.4, 0.5) is 0 Å². The molecule has 4 amide bonds. The van der Waals surface area contributed by atoms with E-state index in [-0.39, 0.29) is 44.4 Å². The van der Waals surface area contributed by atoms with Crippen molar-refractivity contribution in [3.05, 3.63) is 72.1 Å². The van der Waals surface area contributed by atoms with E-state index in [0.29, 0.717) is 37.1 Å². The summed E-state index contributed by atoms with van der Waals surface area (Å²) in [6, 6.07) is 10.9. The molecule has 0 aromatic heterocycles. The number of unbranched alkanes of at least 4 members (excludes halogenated alkanes) is 2. The normalized spacial score (nSPS) is 13.6. The molecule has 2 aromatic rings. The van der Waals surface area contributed by atoms with Gasteiger partial charge in [-0.05, 0) is 132 Å². The van der Waals surface area contributed by atoms with Crippen LogP contribution < -0.4 is 31.7 Å². The van der Waals surface area contributed by atoms with Crippen LogP contribution in [0.5, 0.6) is 5.75 Å². The minimum Gasteiger partial charge on any atom is -0.484 e. The van der Waals surface area contributed by atoms with Crippen molar-refractivity contribution < 1.29 is 62.0 Å². The van der Waals surface area contributed by atoms with E-state index in [4.69, 9.17) is 29.4 Å². The van der Waals surface area contributed by atoms with Crippen molar-refractivity contribution in [3.63, 3.8) is 0 Å². The van der Waals surface area contributed by atoms with Crippen LogP contribution in [0.25, 0.3) is 0 Å². The molecule has 2 rings (SSSR count). The molecule has 2 aromatic carbocycles. The second kappa shape index (κ2) is 28.0. The molecule has 0 aliphatic heterocycles. The molecule has 0 heterocycles. The van der Waals surface area contributed by atoms with Crippen molar-refractivity contribution in [3.8, 4) is 5.75 Å². The molecule has 389 valence electrons. The number of carbonyl (C=O) groups is 8. The van der Waals surface area contributed by atoms with Crippen LogP contribution in [-0.4, -0.2) is 107 Å². The van der Waals surface area contributed by atoms with Crippen molar-refractivity contribution in [1.82, 2.24) is 21.3 Å². The maximum atomic E-state index is 14.0. The lowest BCUT2D eigenvalue weighted by atomic mass is 10.0. The van der Waals surface area contributed by atoms with E-state index in [2.05, 4.69) is 21.3 Å². The molecule has 0 fully saturated rings. The Morgan fingerprint density at radius 3 is 1.63 bits per heavy atom. The summed E-state index contributed by atoms with van der Waals surface area (Å²) in [5, 5.41) is 10.9. The Balaban J connectivity index is 2.16. The minimum atomic E-state index is -1.35. The molecule has 0 spiro atoms. The van der Waals surface area contributed by atoms with Crippen molar-refractivity contribution in [2.45, 2.75) is 187 Å². The molecular formula is C52H78N5O13. The Kier molecular flexibility index (Phi) is 24.0. The van der Waals surface area contributed by atoms with Gasteiger partial charge in [0.1, 0.15) is 46.3 Å². The molecule has 18 nitrogen and oxygen atoms in total. The number of ether oxygens (including phenoxy) is 5. The molecule has 70 heavy (non-hydrogen) atoms. The number of carbonyl (C=O) groups excluding carboxylic acids is 8. The van der Waals surface area contributed by atoms with E-state index in [1.807, 2.05) is 30.3 Å². The Hall–Kier alpha value is -6.04. The summed E-state index contributed by atoms with van der Waals surface area (Å²) in [7, 11) is 0. The summed E-state index contributed by atoms with van der Waals surface area (Å²) in [6.45, 7) is 20.5. The predicted octanol–water partition coefficient (Wildman–Crippen LogP) is 5.05. The Labute approximate surface area is 413 Å². The third-order valence-corrected chi connectivity index (χ3v) is 9.43. The summed E-state index contributed by atoms with van der Waals surface area (Å²) in [5.41, 5.74) is 4.45. The first-order chi connectivity index (χ1) is 32.4.